The molecule has 32 heavy (non-hydrogen) atoms. The van der Waals surface area contributed by atoms with Crippen molar-refractivity contribution in [1.82, 2.24) is 24.5 Å². The molecule has 0 aliphatic carbocycles. The number of aromatic nitrogens is 4. The van der Waals surface area contributed by atoms with Crippen molar-refractivity contribution in [1.29, 1.82) is 0 Å². The molecule has 1 unspecified atom stereocenters. The number of sulfonamides is 1. The van der Waals surface area contributed by atoms with Crippen molar-refractivity contribution in [2.75, 3.05) is 19.3 Å². The van der Waals surface area contributed by atoms with Gasteiger partial charge < -0.3 is 4.42 Å². The lowest BCUT2D eigenvalue weighted by Crippen LogP contribution is -2.34. The Morgan fingerprint density at radius 2 is 1.84 bits per heavy atom. The van der Waals surface area contributed by atoms with E-state index in [0.717, 1.165) is 11.8 Å². The Hall–Kier alpha value is -2.86. The zero-order valence-corrected chi connectivity index (χ0v) is 18.5. The second kappa shape index (κ2) is 9.74. The predicted molar refractivity (Wildman–Crippen MR) is 110 cm³/mol. The molecule has 2 heterocycles. The van der Waals surface area contributed by atoms with E-state index < -0.39 is 34.1 Å². The fourth-order valence-corrected chi connectivity index (χ4v) is 4.13. The van der Waals surface area contributed by atoms with Crippen molar-refractivity contribution in [2.24, 2.45) is 0 Å². The van der Waals surface area contributed by atoms with Crippen molar-refractivity contribution in [3.8, 4) is 11.5 Å². The van der Waals surface area contributed by atoms with E-state index in [4.69, 9.17) is 4.42 Å². The van der Waals surface area contributed by atoms with Gasteiger partial charge in [0.05, 0.1) is 11.8 Å². The monoisotopic (exact) mass is 469 g/mol. The van der Waals surface area contributed by atoms with E-state index in [-0.39, 0.29) is 31.0 Å². The largest absolute Gasteiger partial charge is 0.415 e. The molecule has 2 aromatic heterocycles. The average Bonchev–Trinajstić information content (AvgIpc) is 3.21. The molecule has 8 nitrogen and oxygen atoms in total. The Morgan fingerprint density at radius 3 is 2.38 bits per heavy atom. The van der Waals surface area contributed by atoms with Gasteiger partial charge in [0.25, 0.3) is 11.8 Å². The second-order valence-corrected chi connectivity index (χ2v) is 9.26. The fraction of sp³-hybridized carbons (Fsp3) is 0.400. The third kappa shape index (κ3) is 5.68. The summed E-state index contributed by atoms with van der Waals surface area (Å²) in [5.41, 5.74) is 1.34. The number of alkyl halides is 2. The van der Waals surface area contributed by atoms with Gasteiger partial charge in [-0.3, -0.25) is 0 Å². The van der Waals surface area contributed by atoms with E-state index in [2.05, 4.69) is 20.2 Å². The topological polar surface area (TPSA) is 102 Å². The third-order valence-electron chi connectivity index (χ3n) is 4.85. The van der Waals surface area contributed by atoms with Crippen LogP contribution in [0.5, 0.6) is 0 Å². The van der Waals surface area contributed by atoms with Crippen LogP contribution in [0.15, 0.2) is 35.0 Å². The smallest absolute Gasteiger partial charge is 0.314 e. The van der Waals surface area contributed by atoms with Crippen LogP contribution in [0.3, 0.4) is 0 Å². The molecular weight excluding hydrogens is 447 g/mol. The summed E-state index contributed by atoms with van der Waals surface area (Å²) >= 11 is 0. The standard InChI is InChI=1S/C20H22F3N5O3S/c1-4-28(32(3,29)30)11-13(15-6-5-12(2)7-16(15)21)8-17-24-9-14(10-25-17)19-26-27-20(31-19)18(22)23/h5-7,9-10,13,18H,4,8,11H2,1-3H3. The highest BCUT2D eigenvalue weighted by Gasteiger charge is 2.25. The molecule has 0 aliphatic rings. The van der Waals surface area contributed by atoms with Crippen LogP contribution in [0, 0.1) is 12.7 Å². The maximum Gasteiger partial charge on any atom is 0.314 e. The summed E-state index contributed by atoms with van der Waals surface area (Å²) in [4.78, 5) is 8.40. The van der Waals surface area contributed by atoms with Gasteiger partial charge in [-0.1, -0.05) is 19.1 Å². The zero-order valence-electron chi connectivity index (χ0n) is 17.7. The molecule has 3 aromatic rings. The molecule has 0 saturated heterocycles. The minimum atomic E-state index is -3.50. The number of aryl methyl sites for hydroxylation is 1. The fourth-order valence-electron chi connectivity index (χ4n) is 3.21. The zero-order chi connectivity index (χ0) is 23.5. The van der Waals surface area contributed by atoms with Crippen LogP contribution < -0.4 is 0 Å². The number of likely N-dealkylation sites (N-methyl/N-ethyl adjacent to an activating group) is 1. The first-order valence-corrected chi connectivity index (χ1v) is 11.6. The van der Waals surface area contributed by atoms with Gasteiger partial charge in [-0.2, -0.15) is 8.78 Å². The van der Waals surface area contributed by atoms with E-state index in [1.807, 2.05) is 0 Å². The van der Waals surface area contributed by atoms with Crippen LogP contribution in [0.2, 0.25) is 0 Å². The Bertz CT molecular complexity index is 1170. The molecule has 3 rings (SSSR count). The maximum absolute atomic E-state index is 14.7. The van der Waals surface area contributed by atoms with Gasteiger partial charge in [-0.25, -0.2) is 27.1 Å². The van der Waals surface area contributed by atoms with Crippen molar-refractivity contribution in [3.63, 3.8) is 0 Å². The molecule has 0 saturated carbocycles. The van der Waals surface area contributed by atoms with Gasteiger partial charge in [0.1, 0.15) is 11.6 Å². The van der Waals surface area contributed by atoms with E-state index in [0.29, 0.717) is 11.4 Å². The Balaban J connectivity index is 1.88. The SMILES string of the molecule is CCN(CC(Cc1ncc(-c2nnc(C(F)F)o2)cn1)c1ccc(C)cc1F)S(C)(=O)=O. The second-order valence-electron chi connectivity index (χ2n) is 7.27. The molecule has 0 radical (unpaired) electrons. The molecule has 0 fully saturated rings. The molecule has 0 aliphatic heterocycles. The minimum Gasteiger partial charge on any atom is -0.415 e. The highest BCUT2D eigenvalue weighted by Crippen LogP contribution is 2.26. The van der Waals surface area contributed by atoms with Crippen molar-refractivity contribution < 1.29 is 26.0 Å². The summed E-state index contributed by atoms with van der Waals surface area (Å²) in [5, 5.41) is 6.80. The first-order valence-electron chi connectivity index (χ1n) is 9.72. The number of hydrogen-bond donors (Lipinski definition) is 0. The van der Waals surface area contributed by atoms with Crippen LogP contribution in [0.4, 0.5) is 13.2 Å². The van der Waals surface area contributed by atoms with Crippen LogP contribution in [-0.2, 0) is 16.4 Å². The van der Waals surface area contributed by atoms with E-state index in [1.165, 1.54) is 22.8 Å². The Kier molecular flexibility index (Phi) is 7.24. The molecule has 12 heteroatoms. The quantitative estimate of drug-likeness (QED) is 0.472. The number of halogens is 3. The van der Waals surface area contributed by atoms with Crippen LogP contribution in [0.25, 0.3) is 11.5 Å². The van der Waals surface area contributed by atoms with Crippen LogP contribution >= 0.6 is 0 Å². The minimum absolute atomic E-state index is 0.0435. The summed E-state index contributed by atoms with van der Waals surface area (Å²) in [6, 6.07) is 4.77. The first-order chi connectivity index (χ1) is 15.1. The summed E-state index contributed by atoms with van der Waals surface area (Å²) in [6.07, 6.45) is 1.03. The van der Waals surface area contributed by atoms with Gasteiger partial charge >= 0.3 is 6.43 Å². The lowest BCUT2D eigenvalue weighted by Gasteiger charge is -2.25. The van der Waals surface area contributed by atoms with E-state index >= 15 is 0 Å². The lowest BCUT2D eigenvalue weighted by molar-refractivity contribution is 0.116. The molecule has 0 N–H and O–H groups in total. The summed E-state index contributed by atoms with van der Waals surface area (Å²) in [7, 11) is -3.50. The summed E-state index contributed by atoms with van der Waals surface area (Å²) in [6.45, 7) is 3.73. The normalized spacial score (nSPS) is 13.1. The summed E-state index contributed by atoms with van der Waals surface area (Å²) in [5.74, 6) is -1.63. The molecule has 1 aromatic carbocycles. The van der Waals surface area contributed by atoms with Gasteiger partial charge in [0.2, 0.25) is 10.0 Å². The van der Waals surface area contributed by atoms with Crippen molar-refractivity contribution >= 4 is 10.0 Å². The highest BCUT2D eigenvalue weighted by molar-refractivity contribution is 7.88. The van der Waals surface area contributed by atoms with E-state index in [1.54, 1.807) is 26.0 Å². The molecule has 1 atom stereocenters. The van der Waals surface area contributed by atoms with Gasteiger partial charge in [-0.05, 0) is 24.1 Å². The van der Waals surface area contributed by atoms with Gasteiger partial charge in [-0.15, -0.1) is 10.2 Å². The Labute approximate surface area is 183 Å². The van der Waals surface area contributed by atoms with Gasteiger partial charge in [0.15, 0.2) is 0 Å². The average molecular weight is 469 g/mol. The highest BCUT2D eigenvalue weighted by atomic mass is 32.2. The number of benzene rings is 1. The lowest BCUT2D eigenvalue weighted by atomic mass is 9.93. The van der Waals surface area contributed by atoms with Crippen LogP contribution in [-0.4, -0.2) is 52.2 Å². The van der Waals surface area contributed by atoms with Crippen molar-refractivity contribution in [3.05, 3.63) is 59.3 Å². The summed E-state index contributed by atoms with van der Waals surface area (Å²) < 4.78 is 70.3. The maximum atomic E-state index is 14.7. The molecular formula is C20H22F3N5O3S. The molecule has 172 valence electrons. The molecule has 0 bridgehead atoms. The number of hydrogen-bond acceptors (Lipinski definition) is 7. The van der Waals surface area contributed by atoms with Crippen molar-refractivity contribution in [2.45, 2.75) is 32.6 Å². The van der Waals surface area contributed by atoms with Crippen LogP contribution in [0.1, 0.15) is 42.1 Å². The number of rotatable bonds is 9. The molecule has 0 amide bonds. The molecule has 0 spiro atoms. The van der Waals surface area contributed by atoms with E-state index in [9.17, 15) is 21.6 Å². The predicted octanol–water partition coefficient (Wildman–Crippen LogP) is 3.52. The third-order valence-corrected chi connectivity index (χ3v) is 6.20. The van der Waals surface area contributed by atoms with Gasteiger partial charge in [0, 0.05) is 37.8 Å². The Morgan fingerprint density at radius 1 is 1.16 bits per heavy atom. The number of nitrogens with zero attached hydrogens (tertiary/aromatic N) is 5. The first kappa shape index (κ1) is 23.8.